The van der Waals surface area contributed by atoms with E-state index in [0.717, 1.165) is 5.56 Å². The molecule has 0 spiro atoms. The van der Waals surface area contributed by atoms with Gasteiger partial charge in [0, 0.05) is 6.61 Å². The smallest absolute Gasteiger partial charge is 0.166 e. The number of hydrogen-bond donors (Lipinski definition) is 2. The largest absolute Gasteiger partial charge is 0.504 e. The van der Waals surface area contributed by atoms with Gasteiger partial charge in [-0.25, -0.2) is 4.39 Å². The molecule has 0 saturated heterocycles. The minimum absolute atomic E-state index is 0.0834. The topological polar surface area (TPSA) is 40.5 Å². The van der Waals surface area contributed by atoms with E-state index >= 15 is 0 Å². The number of aromatic hydroxyl groups is 1. The molecule has 1 rings (SSSR count). The van der Waals surface area contributed by atoms with Crippen LogP contribution in [0.5, 0.6) is 5.75 Å². The zero-order valence-corrected chi connectivity index (χ0v) is 8.51. The van der Waals surface area contributed by atoms with Crippen molar-refractivity contribution in [3.63, 3.8) is 0 Å². The molecule has 0 aliphatic carbocycles. The van der Waals surface area contributed by atoms with Crippen LogP contribution in [0.4, 0.5) is 4.39 Å². The van der Waals surface area contributed by atoms with Gasteiger partial charge in [0.2, 0.25) is 0 Å². The van der Waals surface area contributed by atoms with Crippen molar-refractivity contribution >= 4 is 15.9 Å². The third-order valence-electron chi connectivity index (χ3n) is 1.70. The van der Waals surface area contributed by atoms with Gasteiger partial charge in [-0.05, 0) is 46.5 Å². The molecule has 0 unspecified atom stereocenters. The molecule has 0 aliphatic heterocycles. The van der Waals surface area contributed by atoms with Crippen molar-refractivity contribution in [3.8, 4) is 5.75 Å². The van der Waals surface area contributed by atoms with Gasteiger partial charge in [0.05, 0.1) is 4.47 Å². The summed E-state index contributed by atoms with van der Waals surface area (Å²) in [6.45, 7) is 0.0834. The lowest BCUT2D eigenvalue weighted by molar-refractivity contribution is 0.288. The molecule has 1 aromatic carbocycles. The van der Waals surface area contributed by atoms with Gasteiger partial charge in [-0.15, -0.1) is 0 Å². The Bertz CT molecular complexity index is 279. The molecule has 0 saturated carbocycles. The van der Waals surface area contributed by atoms with Crippen LogP contribution in [0.2, 0.25) is 0 Å². The first kappa shape index (κ1) is 10.5. The van der Waals surface area contributed by atoms with Gasteiger partial charge in [-0.2, -0.15) is 0 Å². The highest BCUT2D eigenvalue weighted by atomic mass is 79.9. The summed E-state index contributed by atoms with van der Waals surface area (Å²) in [6.07, 6.45) is 1.20. The summed E-state index contributed by atoms with van der Waals surface area (Å²) < 4.78 is 13.3. The summed E-state index contributed by atoms with van der Waals surface area (Å²) in [6, 6.07) is 2.92. The second-order valence-corrected chi connectivity index (χ2v) is 3.59. The molecule has 0 amide bonds. The third kappa shape index (κ3) is 2.67. The second-order valence-electron chi connectivity index (χ2n) is 2.74. The van der Waals surface area contributed by atoms with Gasteiger partial charge in [-0.1, -0.05) is 0 Å². The first-order chi connectivity index (χ1) is 6.15. The Hall–Kier alpha value is -0.610. The lowest BCUT2D eigenvalue weighted by Gasteiger charge is -2.03. The molecule has 0 radical (unpaired) electrons. The molecular formula is C9H10BrFO2. The van der Waals surface area contributed by atoms with Gasteiger partial charge >= 0.3 is 0 Å². The molecule has 0 fully saturated rings. The summed E-state index contributed by atoms with van der Waals surface area (Å²) in [7, 11) is 0. The zero-order valence-electron chi connectivity index (χ0n) is 6.93. The fraction of sp³-hybridized carbons (Fsp3) is 0.333. The summed E-state index contributed by atoms with van der Waals surface area (Å²) in [5, 5.41) is 17.7. The van der Waals surface area contributed by atoms with Crippen LogP contribution in [0.25, 0.3) is 0 Å². The van der Waals surface area contributed by atoms with E-state index in [1.807, 2.05) is 0 Å². The van der Waals surface area contributed by atoms with E-state index in [4.69, 9.17) is 10.2 Å². The Kier molecular flexibility index (Phi) is 3.69. The van der Waals surface area contributed by atoms with Crippen molar-refractivity contribution < 1.29 is 14.6 Å². The van der Waals surface area contributed by atoms with E-state index in [-0.39, 0.29) is 12.4 Å². The van der Waals surface area contributed by atoms with E-state index < -0.39 is 5.82 Å². The number of phenols is 1. The minimum atomic E-state index is -0.637. The van der Waals surface area contributed by atoms with Crippen LogP contribution in [-0.2, 0) is 6.42 Å². The van der Waals surface area contributed by atoms with Crippen LogP contribution in [0, 0.1) is 5.82 Å². The Morgan fingerprint density at radius 1 is 1.38 bits per heavy atom. The highest BCUT2D eigenvalue weighted by molar-refractivity contribution is 9.10. The number of halogens is 2. The predicted octanol–water partition coefficient (Wildman–Crippen LogP) is 2.22. The Labute approximate surface area is 84.1 Å². The number of hydrogen-bond acceptors (Lipinski definition) is 2. The van der Waals surface area contributed by atoms with Gasteiger partial charge in [0.1, 0.15) is 0 Å². The van der Waals surface area contributed by atoms with Crippen LogP contribution < -0.4 is 0 Å². The van der Waals surface area contributed by atoms with Crippen LogP contribution in [0.3, 0.4) is 0 Å². The SMILES string of the molecule is OCCCc1cc(F)c(O)c(Br)c1. The normalized spacial score (nSPS) is 10.4. The van der Waals surface area contributed by atoms with E-state index in [9.17, 15) is 4.39 Å². The molecule has 0 bridgehead atoms. The molecule has 2 N–H and O–H groups in total. The average Bonchev–Trinajstić information content (AvgIpc) is 2.10. The average molecular weight is 249 g/mol. The number of rotatable bonds is 3. The van der Waals surface area contributed by atoms with Gasteiger partial charge in [0.15, 0.2) is 11.6 Å². The van der Waals surface area contributed by atoms with Crippen LogP contribution >= 0.6 is 15.9 Å². The molecule has 72 valence electrons. The van der Waals surface area contributed by atoms with E-state index in [0.29, 0.717) is 17.3 Å². The lowest BCUT2D eigenvalue weighted by atomic mass is 10.1. The van der Waals surface area contributed by atoms with Crippen molar-refractivity contribution in [1.29, 1.82) is 0 Å². The maximum absolute atomic E-state index is 12.9. The Morgan fingerprint density at radius 2 is 2.08 bits per heavy atom. The first-order valence-electron chi connectivity index (χ1n) is 3.93. The number of benzene rings is 1. The van der Waals surface area contributed by atoms with Crippen LogP contribution in [-0.4, -0.2) is 16.8 Å². The molecule has 0 aliphatic rings. The molecule has 13 heavy (non-hydrogen) atoms. The molecule has 0 atom stereocenters. The lowest BCUT2D eigenvalue weighted by Crippen LogP contribution is -1.91. The van der Waals surface area contributed by atoms with Crippen molar-refractivity contribution in [3.05, 3.63) is 28.0 Å². The quantitative estimate of drug-likeness (QED) is 0.862. The van der Waals surface area contributed by atoms with E-state index in [2.05, 4.69) is 15.9 Å². The minimum Gasteiger partial charge on any atom is -0.504 e. The van der Waals surface area contributed by atoms with Crippen LogP contribution in [0.15, 0.2) is 16.6 Å². The van der Waals surface area contributed by atoms with Crippen LogP contribution in [0.1, 0.15) is 12.0 Å². The molecular weight excluding hydrogens is 239 g/mol. The predicted molar refractivity (Wildman–Crippen MR) is 51.2 cm³/mol. The summed E-state index contributed by atoms with van der Waals surface area (Å²) in [5.41, 5.74) is 0.760. The summed E-state index contributed by atoms with van der Waals surface area (Å²) >= 11 is 3.04. The third-order valence-corrected chi connectivity index (χ3v) is 2.30. The fourth-order valence-electron chi connectivity index (χ4n) is 1.05. The number of aliphatic hydroxyl groups excluding tert-OH is 1. The van der Waals surface area contributed by atoms with Crippen molar-refractivity contribution in [2.45, 2.75) is 12.8 Å². The Balaban J connectivity index is 2.86. The first-order valence-corrected chi connectivity index (χ1v) is 4.72. The highest BCUT2D eigenvalue weighted by Gasteiger charge is 2.06. The molecule has 4 heteroatoms. The highest BCUT2D eigenvalue weighted by Crippen LogP contribution is 2.28. The van der Waals surface area contributed by atoms with Gasteiger partial charge in [0.25, 0.3) is 0 Å². The number of aryl methyl sites for hydroxylation is 1. The standard InChI is InChI=1S/C9H10BrFO2/c10-7-4-6(2-1-3-12)5-8(11)9(7)13/h4-5,12-13H,1-3H2. The Morgan fingerprint density at radius 3 is 2.62 bits per heavy atom. The maximum atomic E-state index is 12.9. The summed E-state index contributed by atoms with van der Waals surface area (Å²) in [5.74, 6) is -1.00. The molecule has 1 aromatic rings. The van der Waals surface area contributed by atoms with Gasteiger partial charge < -0.3 is 10.2 Å². The van der Waals surface area contributed by atoms with Crippen molar-refractivity contribution in [2.75, 3.05) is 6.61 Å². The maximum Gasteiger partial charge on any atom is 0.166 e. The van der Waals surface area contributed by atoms with E-state index in [1.54, 1.807) is 6.07 Å². The molecule has 0 aromatic heterocycles. The number of aliphatic hydroxyl groups is 1. The van der Waals surface area contributed by atoms with Gasteiger partial charge in [-0.3, -0.25) is 0 Å². The number of phenolic OH excluding ortho intramolecular Hbond substituents is 1. The molecule has 2 nitrogen and oxygen atoms in total. The monoisotopic (exact) mass is 248 g/mol. The summed E-state index contributed by atoms with van der Waals surface area (Å²) in [4.78, 5) is 0. The van der Waals surface area contributed by atoms with Crippen molar-refractivity contribution in [2.24, 2.45) is 0 Å². The zero-order chi connectivity index (χ0) is 9.84. The molecule has 0 heterocycles. The second kappa shape index (κ2) is 4.58. The van der Waals surface area contributed by atoms with E-state index in [1.165, 1.54) is 6.07 Å². The fourth-order valence-corrected chi connectivity index (χ4v) is 1.53. The van der Waals surface area contributed by atoms with Crippen molar-refractivity contribution in [1.82, 2.24) is 0 Å².